The van der Waals surface area contributed by atoms with Gasteiger partial charge in [-0.15, -0.1) is 0 Å². The summed E-state index contributed by atoms with van der Waals surface area (Å²) >= 11 is 2.08. The average molecular weight is 358 g/mol. The molecule has 0 bridgehead atoms. The predicted octanol–water partition coefficient (Wildman–Crippen LogP) is 2.83. The van der Waals surface area contributed by atoms with E-state index in [-0.39, 0.29) is 0 Å². The van der Waals surface area contributed by atoms with Crippen LogP contribution in [-0.4, -0.2) is 51.8 Å². The van der Waals surface area contributed by atoms with E-state index in [0.29, 0.717) is 5.25 Å². The molecular weight excluding hydrogens is 330 g/mol. The lowest BCUT2D eigenvalue weighted by molar-refractivity contribution is 0.408. The van der Waals surface area contributed by atoms with E-state index in [2.05, 4.69) is 63.3 Å². The molecule has 1 unspecified atom stereocenters. The first kappa shape index (κ1) is 17.9. The Morgan fingerprint density at radius 3 is 3.00 bits per heavy atom. The van der Waals surface area contributed by atoms with Crippen LogP contribution in [0.25, 0.3) is 0 Å². The Balaban J connectivity index is 1.58. The van der Waals surface area contributed by atoms with Crippen LogP contribution in [0.4, 0.5) is 0 Å². The highest BCUT2D eigenvalue weighted by molar-refractivity contribution is 8.00. The Morgan fingerprint density at radius 2 is 2.24 bits per heavy atom. The van der Waals surface area contributed by atoms with Gasteiger partial charge in [-0.25, -0.2) is 0 Å². The van der Waals surface area contributed by atoms with Crippen LogP contribution >= 0.6 is 11.8 Å². The second-order valence-electron chi connectivity index (χ2n) is 6.27. The Labute approximate surface area is 154 Å². The second-order valence-corrected chi connectivity index (χ2v) is 7.68. The molecule has 1 aromatic heterocycles. The predicted molar refractivity (Wildman–Crippen MR) is 106 cm³/mol. The molecule has 0 aliphatic carbocycles. The van der Waals surface area contributed by atoms with Crippen molar-refractivity contribution in [3.05, 3.63) is 53.9 Å². The Bertz CT molecular complexity index is 683. The van der Waals surface area contributed by atoms with Gasteiger partial charge in [-0.05, 0) is 23.6 Å². The van der Waals surface area contributed by atoms with Crippen molar-refractivity contribution in [3.8, 4) is 0 Å². The Kier molecular flexibility index (Phi) is 6.39. The van der Waals surface area contributed by atoms with Gasteiger partial charge in [-0.1, -0.05) is 31.2 Å². The molecule has 0 spiro atoms. The number of hydrogen-bond acceptors (Lipinski definition) is 3. The fraction of sp³-hybridized carbons (Fsp3) is 0.474. The summed E-state index contributed by atoms with van der Waals surface area (Å²) in [6.45, 7) is 6.01. The van der Waals surface area contributed by atoms with Crippen LogP contribution in [0, 0.1) is 0 Å². The summed E-state index contributed by atoms with van der Waals surface area (Å²) in [7, 11) is 1.87. The molecule has 0 saturated carbocycles. The molecule has 134 valence electrons. The van der Waals surface area contributed by atoms with E-state index in [1.54, 1.807) is 0 Å². The van der Waals surface area contributed by atoms with Crippen LogP contribution in [-0.2, 0) is 13.1 Å². The summed E-state index contributed by atoms with van der Waals surface area (Å²) in [6, 6.07) is 10.6. The molecule has 1 atom stereocenters. The highest BCUT2D eigenvalue weighted by Gasteiger charge is 2.21. The number of benzene rings is 1. The first-order valence-corrected chi connectivity index (χ1v) is 9.95. The van der Waals surface area contributed by atoms with Gasteiger partial charge in [-0.3, -0.25) is 9.67 Å². The Hall–Kier alpha value is -1.95. The van der Waals surface area contributed by atoms with Crippen molar-refractivity contribution >= 4 is 17.7 Å². The van der Waals surface area contributed by atoms with Crippen LogP contribution in [0.3, 0.4) is 0 Å². The molecule has 6 heteroatoms. The molecule has 1 aliphatic rings. The lowest BCUT2D eigenvalue weighted by Crippen LogP contribution is -2.47. The van der Waals surface area contributed by atoms with Crippen molar-refractivity contribution in [3.63, 3.8) is 0 Å². The molecule has 3 rings (SSSR count). The maximum Gasteiger partial charge on any atom is 0.193 e. The third-order valence-corrected chi connectivity index (χ3v) is 5.82. The first-order chi connectivity index (χ1) is 12.3. The monoisotopic (exact) mass is 357 g/mol. The smallest absolute Gasteiger partial charge is 0.193 e. The number of hydrogen-bond donors (Lipinski definition) is 1. The normalized spacial score (nSPS) is 18.4. The highest BCUT2D eigenvalue weighted by Crippen LogP contribution is 2.21. The molecule has 0 radical (unpaired) electrons. The lowest BCUT2D eigenvalue weighted by Gasteiger charge is -2.34. The standard InChI is InChI=1S/C19H27N5S/c1-3-18-15-23(10-11-25-18)19(20-2)21-13-16-6-4-7-17(12-16)14-24-9-5-8-22-24/h4-9,12,18H,3,10-11,13-15H2,1-2H3,(H,20,21). The van der Waals surface area contributed by atoms with Crippen molar-refractivity contribution in [2.75, 3.05) is 25.9 Å². The molecule has 1 aromatic carbocycles. The zero-order chi connectivity index (χ0) is 17.5. The second kappa shape index (κ2) is 8.94. The van der Waals surface area contributed by atoms with Crippen molar-refractivity contribution < 1.29 is 0 Å². The van der Waals surface area contributed by atoms with E-state index >= 15 is 0 Å². The summed E-state index contributed by atoms with van der Waals surface area (Å²) in [4.78, 5) is 6.87. The zero-order valence-electron chi connectivity index (χ0n) is 15.1. The van der Waals surface area contributed by atoms with E-state index < -0.39 is 0 Å². The van der Waals surface area contributed by atoms with Crippen molar-refractivity contribution in [2.24, 2.45) is 4.99 Å². The van der Waals surface area contributed by atoms with Gasteiger partial charge in [0.05, 0.1) is 6.54 Å². The third kappa shape index (κ3) is 5.01. The highest BCUT2D eigenvalue weighted by atomic mass is 32.2. The van der Waals surface area contributed by atoms with Crippen LogP contribution in [0.1, 0.15) is 24.5 Å². The molecule has 1 saturated heterocycles. The quantitative estimate of drug-likeness (QED) is 0.660. The van der Waals surface area contributed by atoms with Crippen LogP contribution in [0.15, 0.2) is 47.7 Å². The molecular formula is C19H27N5S. The molecule has 1 fully saturated rings. The maximum absolute atomic E-state index is 4.49. The van der Waals surface area contributed by atoms with Crippen LogP contribution < -0.4 is 5.32 Å². The minimum Gasteiger partial charge on any atom is -0.352 e. The summed E-state index contributed by atoms with van der Waals surface area (Å²) in [5.74, 6) is 2.19. The number of guanidine groups is 1. The minimum absolute atomic E-state index is 0.713. The molecule has 1 aliphatic heterocycles. The van der Waals surface area contributed by atoms with Gasteiger partial charge in [0.2, 0.25) is 0 Å². The molecule has 5 nitrogen and oxygen atoms in total. The summed E-state index contributed by atoms with van der Waals surface area (Å²) in [5, 5.41) is 8.52. The molecule has 0 amide bonds. The van der Waals surface area contributed by atoms with E-state index in [1.807, 2.05) is 30.2 Å². The topological polar surface area (TPSA) is 45.5 Å². The summed E-state index contributed by atoms with van der Waals surface area (Å²) < 4.78 is 1.95. The number of nitrogens with one attached hydrogen (secondary N) is 1. The maximum atomic E-state index is 4.49. The van der Waals surface area contributed by atoms with Gasteiger partial charge in [0, 0.05) is 50.1 Å². The summed E-state index contributed by atoms with van der Waals surface area (Å²) in [6.07, 6.45) is 5.02. The van der Waals surface area contributed by atoms with Crippen molar-refractivity contribution in [1.29, 1.82) is 0 Å². The Morgan fingerprint density at radius 1 is 1.36 bits per heavy atom. The van der Waals surface area contributed by atoms with Gasteiger partial charge < -0.3 is 10.2 Å². The number of aromatic nitrogens is 2. The van der Waals surface area contributed by atoms with E-state index in [4.69, 9.17) is 0 Å². The van der Waals surface area contributed by atoms with Gasteiger partial charge >= 0.3 is 0 Å². The van der Waals surface area contributed by atoms with Crippen molar-refractivity contribution in [2.45, 2.75) is 31.7 Å². The van der Waals surface area contributed by atoms with Gasteiger partial charge in [-0.2, -0.15) is 16.9 Å². The average Bonchev–Trinajstić information content (AvgIpc) is 3.16. The van der Waals surface area contributed by atoms with E-state index in [0.717, 1.165) is 32.1 Å². The van der Waals surface area contributed by atoms with Crippen LogP contribution in [0.5, 0.6) is 0 Å². The third-order valence-electron chi connectivity index (χ3n) is 4.45. The SMILES string of the molecule is CCC1CN(C(=NC)NCc2cccc(Cn3cccn3)c2)CCS1. The molecule has 2 heterocycles. The number of rotatable bonds is 5. The molecule has 25 heavy (non-hydrogen) atoms. The van der Waals surface area contributed by atoms with Crippen molar-refractivity contribution in [1.82, 2.24) is 20.0 Å². The fourth-order valence-corrected chi connectivity index (χ4v) is 4.27. The fourth-order valence-electron chi connectivity index (χ4n) is 3.09. The zero-order valence-corrected chi connectivity index (χ0v) is 15.9. The largest absolute Gasteiger partial charge is 0.352 e. The van der Waals surface area contributed by atoms with Crippen LogP contribution in [0.2, 0.25) is 0 Å². The van der Waals surface area contributed by atoms with Gasteiger partial charge in [0.25, 0.3) is 0 Å². The lowest BCUT2D eigenvalue weighted by atomic mass is 10.1. The number of nitrogens with zero attached hydrogens (tertiary/aromatic N) is 4. The molecule has 1 N–H and O–H groups in total. The number of thioether (sulfide) groups is 1. The van der Waals surface area contributed by atoms with E-state index in [1.165, 1.54) is 23.3 Å². The molecule has 2 aromatic rings. The summed E-state index contributed by atoms with van der Waals surface area (Å²) in [5.41, 5.74) is 2.53. The van der Waals surface area contributed by atoms with Gasteiger partial charge in [0.1, 0.15) is 0 Å². The minimum atomic E-state index is 0.713. The van der Waals surface area contributed by atoms with Gasteiger partial charge in [0.15, 0.2) is 5.96 Å². The first-order valence-electron chi connectivity index (χ1n) is 8.91. The van der Waals surface area contributed by atoms with E-state index in [9.17, 15) is 0 Å². The number of aliphatic imine (C=N–C) groups is 1.